The van der Waals surface area contributed by atoms with Crippen LogP contribution in [0.5, 0.6) is 0 Å². The fourth-order valence-electron chi connectivity index (χ4n) is 1.35. The fraction of sp³-hybridized carbons (Fsp3) is 0.333. The van der Waals surface area contributed by atoms with E-state index in [0.29, 0.717) is 10.6 Å². The van der Waals surface area contributed by atoms with Gasteiger partial charge >= 0.3 is 5.97 Å². The monoisotopic (exact) mass is 271 g/mol. The maximum atomic E-state index is 11.7. The number of aliphatic hydroxyl groups is 1. The molecule has 0 bridgehead atoms. The number of benzene rings is 1. The highest BCUT2D eigenvalue weighted by atomic mass is 35.5. The van der Waals surface area contributed by atoms with Crippen LogP contribution in [0.1, 0.15) is 22.3 Å². The SMILES string of the molecule is Cc1ccc(C(=O)NCCC(O)C(=O)O)c(Cl)c1. The van der Waals surface area contributed by atoms with E-state index in [1.54, 1.807) is 18.2 Å². The van der Waals surface area contributed by atoms with Crippen LogP contribution < -0.4 is 5.32 Å². The Bertz CT molecular complexity index is 461. The predicted octanol–water partition coefficient (Wildman–Crippen LogP) is 1.21. The lowest BCUT2D eigenvalue weighted by Gasteiger charge is -2.08. The van der Waals surface area contributed by atoms with E-state index < -0.39 is 18.0 Å². The zero-order chi connectivity index (χ0) is 13.7. The lowest BCUT2D eigenvalue weighted by molar-refractivity contribution is -0.146. The van der Waals surface area contributed by atoms with Crippen LogP contribution in [-0.2, 0) is 4.79 Å². The molecule has 0 aromatic heterocycles. The summed E-state index contributed by atoms with van der Waals surface area (Å²) in [5, 5.41) is 20.3. The van der Waals surface area contributed by atoms with Gasteiger partial charge in [0, 0.05) is 13.0 Å². The standard InChI is InChI=1S/C12H14ClNO4/c1-7-2-3-8(9(13)6-7)11(16)14-5-4-10(15)12(17)18/h2-3,6,10,15H,4-5H2,1H3,(H,14,16)(H,17,18). The molecule has 3 N–H and O–H groups in total. The third-order valence-electron chi connectivity index (χ3n) is 2.36. The summed E-state index contributed by atoms with van der Waals surface area (Å²) >= 11 is 5.91. The number of nitrogens with one attached hydrogen (secondary N) is 1. The Kier molecular flexibility index (Phi) is 5.12. The van der Waals surface area contributed by atoms with E-state index in [0.717, 1.165) is 5.56 Å². The van der Waals surface area contributed by atoms with Crippen LogP contribution in [0.25, 0.3) is 0 Å². The molecule has 0 radical (unpaired) electrons. The van der Waals surface area contributed by atoms with Crippen LogP contribution in [0.3, 0.4) is 0 Å². The van der Waals surface area contributed by atoms with Gasteiger partial charge in [-0.2, -0.15) is 0 Å². The van der Waals surface area contributed by atoms with Gasteiger partial charge in [-0.3, -0.25) is 4.79 Å². The number of carboxylic acids is 1. The molecule has 0 aliphatic rings. The van der Waals surface area contributed by atoms with Gasteiger partial charge in [0.05, 0.1) is 10.6 Å². The minimum atomic E-state index is -1.47. The molecule has 0 aliphatic heterocycles. The van der Waals surface area contributed by atoms with E-state index in [4.69, 9.17) is 21.8 Å². The number of amides is 1. The molecular weight excluding hydrogens is 258 g/mol. The van der Waals surface area contributed by atoms with Gasteiger partial charge in [0.1, 0.15) is 0 Å². The maximum Gasteiger partial charge on any atom is 0.332 e. The molecule has 1 rings (SSSR count). The molecule has 0 aliphatic carbocycles. The van der Waals surface area contributed by atoms with E-state index in [1.807, 2.05) is 6.92 Å². The molecule has 0 fully saturated rings. The number of carboxylic acid groups (broad SMARTS) is 1. The average Bonchev–Trinajstić information content (AvgIpc) is 2.28. The molecule has 1 atom stereocenters. The molecule has 18 heavy (non-hydrogen) atoms. The molecule has 0 spiro atoms. The van der Waals surface area contributed by atoms with Gasteiger partial charge in [0.25, 0.3) is 5.91 Å². The third kappa shape index (κ3) is 4.01. The molecule has 1 amide bonds. The molecule has 0 saturated carbocycles. The molecule has 1 aromatic rings. The van der Waals surface area contributed by atoms with Gasteiger partial charge in [-0.1, -0.05) is 17.7 Å². The van der Waals surface area contributed by atoms with Crippen molar-refractivity contribution in [2.24, 2.45) is 0 Å². The molecular formula is C12H14ClNO4. The number of rotatable bonds is 5. The number of aliphatic carboxylic acids is 1. The van der Waals surface area contributed by atoms with Crippen molar-refractivity contribution in [1.29, 1.82) is 0 Å². The third-order valence-corrected chi connectivity index (χ3v) is 2.67. The number of halogens is 1. The van der Waals surface area contributed by atoms with Crippen LogP contribution in [0, 0.1) is 6.92 Å². The molecule has 98 valence electrons. The first-order chi connectivity index (χ1) is 8.41. The van der Waals surface area contributed by atoms with Gasteiger partial charge in [0.15, 0.2) is 6.10 Å². The second-order valence-corrected chi connectivity index (χ2v) is 4.29. The summed E-state index contributed by atoms with van der Waals surface area (Å²) in [5.74, 6) is -1.70. The summed E-state index contributed by atoms with van der Waals surface area (Å²) in [7, 11) is 0. The minimum absolute atomic E-state index is 0.0510. The quantitative estimate of drug-likeness (QED) is 0.751. The maximum absolute atomic E-state index is 11.7. The van der Waals surface area contributed by atoms with Gasteiger partial charge < -0.3 is 15.5 Å². The Morgan fingerprint density at radius 1 is 1.44 bits per heavy atom. The second-order valence-electron chi connectivity index (χ2n) is 3.88. The van der Waals surface area contributed by atoms with Crippen molar-refractivity contribution in [3.63, 3.8) is 0 Å². The highest BCUT2D eigenvalue weighted by molar-refractivity contribution is 6.33. The lowest BCUT2D eigenvalue weighted by atomic mass is 10.1. The Hall–Kier alpha value is -1.59. The van der Waals surface area contributed by atoms with Gasteiger partial charge in [-0.15, -0.1) is 0 Å². The van der Waals surface area contributed by atoms with Crippen molar-refractivity contribution in [1.82, 2.24) is 5.32 Å². The molecule has 5 nitrogen and oxygen atoms in total. The van der Waals surface area contributed by atoms with Crippen molar-refractivity contribution < 1.29 is 19.8 Å². The van der Waals surface area contributed by atoms with Crippen LogP contribution in [0.15, 0.2) is 18.2 Å². The van der Waals surface area contributed by atoms with Crippen LogP contribution in [0.4, 0.5) is 0 Å². The lowest BCUT2D eigenvalue weighted by Crippen LogP contribution is -2.30. The number of aryl methyl sites for hydroxylation is 1. The van der Waals surface area contributed by atoms with E-state index in [1.165, 1.54) is 0 Å². The minimum Gasteiger partial charge on any atom is -0.479 e. The molecule has 1 aromatic carbocycles. The number of hydrogen-bond acceptors (Lipinski definition) is 3. The first-order valence-electron chi connectivity index (χ1n) is 5.37. The molecule has 6 heteroatoms. The summed E-state index contributed by atoms with van der Waals surface area (Å²) in [6.45, 7) is 1.92. The summed E-state index contributed by atoms with van der Waals surface area (Å²) in [4.78, 5) is 22.1. The van der Waals surface area contributed by atoms with E-state index >= 15 is 0 Å². The van der Waals surface area contributed by atoms with Crippen molar-refractivity contribution >= 4 is 23.5 Å². The highest BCUT2D eigenvalue weighted by Crippen LogP contribution is 2.17. The van der Waals surface area contributed by atoms with Gasteiger partial charge in [-0.05, 0) is 24.6 Å². The highest BCUT2D eigenvalue weighted by Gasteiger charge is 2.14. The van der Waals surface area contributed by atoms with Crippen LogP contribution >= 0.6 is 11.6 Å². The van der Waals surface area contributed by atoms with Crippen LogP contribution in [-0.4, -0.2) is 34.7 Å². The summed E-state index contributed by atoms with van der Waals surface area (Å²) in [5.41, 5.74) is 1.27. The Labute approximate surface area is 109 Å². The number of carbonyl (C=O) groups excluding carboxylic acids is 1. The largest absolute Gasteiger partial charge is 0.479 e. The zero-order valence-corrected chi connectivity index (χ0v) is 10.6. The van der Waals surface area contributed by atoms with Crippen molar-refractivity contribution in [2.45, 2.75) is 19.4 Å². The normalized spacial score (nSPS) is 11.9. The Balaban J connectivity index is 2.53. The zero-order valence-electron chi connectivity index (χ0n) is 9.81. The van der Waals surface area contributed by atoms with Crippen LogP contribution in [0.2, 0.25) is 5.02 Å². The second kappa shape index (κ2) is 6.37. The van der Waals surface area contributed by atoms with Gasteiger partial charge in [-0.25, -0.2) is 4.79 Å². The topological polar surface area (TPSA) is 86.6 Å². The number of aliphatic hydroxyl groups excluding tert-OH is 1. The summed E-state index contributed by atoms with van der Waals surface area (Å²) in [6, 6.07) is 5.02. The molecule has 1 unspecified atom stereocenters. The van der Waals surface area contributed by atoms with Gasteiger partial charge in [0.2, 0.25) is 0 Å². The van der Waals surface area contributed by atoms with E-state index in [2.05, 4.69) is 5.32 Å². The first kappa shape index (κ1) is 14.5. The Morgan fingerprint density at radius 2 is 2.11 bits per heavy atom. The smallest absolute Gasteiger partial charge is 0.332 e. The molecule has 0 saturated heterocycles. The fourth-order valence-corrected chi connectivity index (χ4v) is 1.67. The van der Waals surface area contributed by atoms with E-state index in [-0.39, 0.29) is 13.0 Å². The van der Waals surface area contributed by atoms with Crippen molar-refractivity contribution in [3.05, 3.63) is 34.3 Å². The number of hydrogen-bond donors (Lipinski definition) is 3. The number of carbonyl (C=O) groups is 2. The van der Waals surface area contributed by atoms with Crippen molar-refractivity contribution in [3.8, 4) is 0 Å². The predicted molar refractivity (Wildman–Crippen MR) is 66.8 cm³/mol. The van der Waals surface area contributed by atoms with Crippen molar-refractivity contribution in [2.75, 3.05) is 6.54 Å². The van der Waals surface area contributed by atoms with E-state index in [9.17, 15) is 9.59 Å². The average molecular weight is 272 g/mol. The molecule has 0 heterocycles. The summed E-state index contributed by atoms with van der Waals surface area (Å²) < 4.78 is 0. The first-order valence-corrected chi connectivity index (χ1v) is 5.75. The Morgan fingerprint density at radius 3 is 2.67 bits per heavy atom. The summed E-state index contributed by atoms with van der Waals surface area (Å²) in [6.07, 6.45) is -1.52.